The Balaban J connectivity index is 3.10. The van der Waals surface area contributed by atoms with Crippen molar-refractivity contribution in [1.82, 2.24) is 0 Å². The van der Waals surface area contributed by atoms with Crippen LogP contribution in [0, 0.1) is 12.7 Å². The van der Waals surface area contributed by atoms with Crippen LogP contribution in [-0.4, -0.2) is 6.54 Å². The van der Waals surface area contributed by atoms with Crippen LogP contribution in [0.4, 0.5) is 4.39 Å². The molecule has 0 fully saturated rings. The molecule has 0 atom stereocenters. The Hall–Kier alpha value is -0.890. The number of hydrogen-bond acceptors (Lipinski definition) is 1. The molecule has 0 saturated carbocycles. The topological polar surface area (TPSA) is 26.0 Å². The van der Waals surface area contributed by atoms with Gasteiger partial charge in [-0.15, -0.1) is 0 Å². The lowest BCUT2D eigenvalue weighted by atomic mass is 9.84. The van der Waals surface area contributed by atoms with E-state index >= 15 is 0 Å². The fourth-order valence-electron chi connectivity index (χ4n) is 1.13. The Kier molecular flexibility index (Phi) is 2.71. The fraction of sp³-hybridized carbons (Fsp3) is 0.455. The third-order valence-corrected chi connectivity index (χ3v) is 2.46. The molecule has 0 aliphatic heterocycles. The van der Waals surface area contributed by atoms with Gasteiger partial charge in [0.05, 0.1) is 0 Å². The first kappa shape index (κ1) is 10.2. The van der Waals surface area contributed by atoms with Gasteiger partial charge in [-0.25, -0.2) is 4.39 Å². The summed E-state index contributed by atoms with van der Waals surface area (Å²) in [5.41, 5.74) is 7.09. The highest BCUT2D eigenvalue weighted by Gasteiger charge is 2.18. The minimum absolute atomic E-state index is 0.144. The minimum Gasteiger partial charge on any atom is -0.330 e. The molecule has 0 radical (unpaired) electrons. The van der Waals surface area contributed by atoms with Crippen LogP contribution in [0.2, 0.25) is 0 Å². The summed E-state index contributed by atoms with van der Waals surface area (Å²) in [4.78, 5) is 0. The summed E-state index contributed by atoms with van der Waals surface area (Å²) in [6.07, 6.45) is 0. The van der Waals surface area contributed by atoms with Gasteiger partial charge in [0, 0.05) is 12.0 Å². The van der Waals surface area contributed by atoms with E-state index in [9.17, 15) is 4.39 Å². The summed E-state index contributed by atoms with van der Waals surface area (Å²) in [5.74, 6) is -0.154. The third kappa shape index (κ3) is 2.07. The van der Waals surface area contributed by atoms with Crippen LogP contribution < -0.4 is 5.73 Å². The van der Waals surface area contributed by atoms with Gasteiger partial charge in [-0.05, 0) is 24.1 Å². The largest absolute Gasteiger partial charge is 0.330 e. The molecule has 0 bridgehead atoms. The standard InChI is InChI=1S/C11H16FN/c1-8-4-5-9(6-10(8)12)11(2,3)7-13/h4-6H,7,13H2,1-3H3. The summed E-state index contributed by atoms with van der Waals surface area (Å²) < 4.78 is 13.2. The second kappa shape index (κ2) is 3.46. The zero-order valence-electron chi connectivity index (χ0n) is 8.39. The van der Waals surface area contributed by atoms with Crippen molar-refractivity contribution in [3.8, 4) is 0 Å². The summed E-state index contributed by atoms with van der Waals surface area (Å²) >= 11 is 0. The van der Waals surface area contributed by atoms with Gasteiger partial charge >= 0.3 is 0 Å². The van der Waals surface area contributed by atoms with E-state index < -0.39 is 0 Å². The predicted molar refractivity (Wildman–Crippen MR) is 53.2 cm³/mol. The maximum Gasteiger partial charge on any atom is 0.126 e. The Morgan fingerprint density at radius 1 is 1.38 bits per heavy atom. The number of benzene rings is 1. The molecule has 13 heavy (non-hydrogen) atoms. The number of nitrogens with two attached hydrogens (primary N) is 1. The van der Waals surface area contributed by atoms with E-state index in [4.69, 9.17) is 5.73 Å². The van der Waals surface area contributed by atoms with Crippen LogP contribution in [0.1, 0.15) is 25.0 Å². The fourth-order valence-corrected chi connectivity index (χ4v) is 1.13. The zero-order chi connectivity index (χ0) is 10.1. The molecule has 0 aliphatic rings. The van der Waals surface area contributed by atoms with Crippen molar-refractivity contribution in [3.05, 3.63) is 35.1 Å². The van der Waals surface area contributed by atoms with Crippen LogP contribution in [0.5, 0.6) is 0 Å². The predicted octanol–water partition coefficient (Wildman–Crippen LogP) is 2.37. The van der Waals surface area contributed by atoms with Crippen molar-refractivity contribution in [3.63, 3.8) is 0 Å². The van der Waals surface area contributed by atoms with E-state index in [0.29, 0.717) is 12.1 Å². The van der Waals surface area contributed by atoms with Crippen LogP contribution >= 0.6 is 0 Å². The highest BCUT2D eigenvalue weighted by atomic mass is 19.1. The minimum atomic E-state index is -0.154. The summed E-state index contributed by atoms with van der Waals surface area (Å²) in [6.45, 7) is 6.30. The molecule has 2 heteroatoms. The van der Waals surface area contributed by atoms with Gasteiger partial charge in [0.15, 0.2) is 0 Å². The quantitative estimate of drug-likeness (QED) is 0.744. The van der Waals surface area contributed by atoms with Crippen LogP contribution in [0.3, 0.4) is 0 Å². The maximum absolute atomic E-state index is 13.2. The first-order valence-electron chi connectivity index (χ1n) is 4.44. The normalized spacial score (nSPS) is 11.8. The van der Waals surface area contributed by atoms with Crippen LogP contribution in [0.25, 0.3) is 0 Å². The summed E-state index contributed by atoms with van der Waals surface area (Å²) in [6, 6.07) is 5.30. The van der Waals surface area contributed by atoms with Gasteiger partial charge in [0.25, 0.3) is 0 Å². The molecule has 0 heterocycles. The second-order valence-corrected chi connectivity index (χ2v) is 4.05. The molecular weight excluding hydrogens is 165 g/mol. The van der Waals surface area contributed by atoms with Gasteiger partial charge in [-0.2, -0.15) is 0 Å². The van der Waals surface area contributed by atoms with E-state index in [1.807, 2.05) is 19.9 Å². The van der Waals surface area contributed by atoms with Crippen molar-refractivity contribution in [2.45, 2.75) is 26.2 Å². The number of rotatable bonds is 2. The number of halogens is 1. The highest BCUT2D eigenvalue weighted by Crippen LogP contribution is 2.23. The molecule has 1 aromatic rings. The Labute approximate surface area is 78.8 Å². The van der Waals surface area contributed by atoms with Gasteiger partial charge < -0.3 is 5.73 Å². The van der Waals surface area contributed by atoms with Crippen LogP contribution in [0.15, 0.2) is 18.2 Å². The smallest absolute Gasteiger partial charge is 0.126 e. The maximum atomic E-state index is 13.2. The molecule has 2 N–H and O–H groups in total. The lowest BCUT2D eigenvalue weighted by Gasteiger charge is -2.23. The van der Waals surface area contributed by atoms with E-state index in [0.717, 1.165) is 5.56 Å². The molecule has 1 aromatic carbocycles. The average Bonchev–Trinajstić information content (AvgIpc) is 2.09. The third-order valence-electron chi connectivity index (χ3n) is 2.46. The Morgan fingerprint density at radius 3 is 2.46 bits per heavy atom. The average molecular weight is 181 g/mol. The lowest BCUT2D eigenvalue weighted by molar-refractivity contribution is 0.529. The van der Waals surface area contributed by atoms with Gasteiger partial charge in [0.2, 0.25) is 0 Å². The van der Waals surface area contributed by atoms with E-state index in [1.165, 1.54) is 0 Å². The first-order valence-corrected chi connectivity index (χ1v) is 4.44. The summed E-state index contributed by atoms with van der Waals surface area (Å²) in [5, 5.41) is 0. The Bertz CT molecular complexity index is 305. The molecule has 72 valence electrons. The summed E-state index contributed by atoms with van der Waals surface area (Å²) in [7, 11) is 0. The van der Waals surface area contributed by atoms with Crippen molar-refractivity contribution in [2.24, 2.45) is 5.73 Å². The van der Waals surface area contributed by atoms with E-state index in [-0.39, 0.29) is 11.2 Å². The van der Waals surface area contributed by atoms with Crippen molar-refractivity contribution in [1.29, 1.82) is 0 Å². The molecule has 0 amide bonds. The van der Waals surface area contributed by atoms with Crippen molar-refractivity contribution in [2.75, 3.05) is 6.54 Å². The van der Waals surface area contributed by atoms with Gasteiger partial charge in [-0.1, -0.05) is 26.0 Å². The van der Waals surface area contributed by atoms with E-state index in [1.54, 1.807) is 19.1 Å². The lowest BCUT2D eigenvalue weighted by Crippen LogP contribution is -2.28. The van der Waals surface area contributed by atoms with Gasteiger partial charge in [0.1, 0.15) is 5.82 Å². The molecule has 0 spiro atoms. The monoisotopic (exact) mass is 181 g/mol. The molecule has 0 aliphatic carbocycles. The van der Waals surface area contributed by atoms with E-state index in [2.05, 4.69) is 0 Å². The van der Waals surface area contributed by atoms with Gasteiger partial charge in [-0.3, -0.25) is 0 Å². The molecule has 0 unspecified atom stereocenters. The van der Waals surface area contributed by atoms with Crippen molar-refractivity contribution >= 4 is 0 Å². The Morgan fingerprint density at radius 2 is 2.00 bits per heavy atom. The second-order valence-electron chi connectivity index (χ2n) is 4.05. The number of hydrogen-bond donors (Lipinski definition) is 1. The molecule has 1 rings (SSSR count). The zero-order valence-corrected chi connectivity index (χ0v) is 8.39. The van der Waals surface area contributed by atoms with Crippen molar-refractivity contribution < 1.29 is 4.39 Å². The SMILES string of the molecule is Cc1ccc(C(C)(C)CN)cc1F. The highest BCUT2D eigenvalue weighted by molar-refractivity contribution is 5.29. The molecule has 0 aromatic heterocycles. The first-order chi connectivity index (χ1) is 5.97. The van der Waals surface area contributed by atoms with Crippen LogP contribution in [-0.2, 0) is 5.41 Å². The molecular formula is C11H16FN. The number of aryl methyl sites for hydroxylation is 1. The molecule has 1 nitrogen and oxygen atoms in total. The molecule has 0 saturated heterocycles.